The smallest absolute Gasteiger partial charge is 0.236 e. The van der Waals surface area contributed by atoms with Gasteiger partial charge in [-0.05, 0) is 93.8 Å². The molecular formula is C29H38N4O. The number of H-pyrrole nitrogens is 1. The van der Waals surface area contributed by atoms with Crippen LogP contribution < -0.4 is 0 Å². The van der Waals surface area contributed by atoms with Crippen molar-refractivity contribution in [2.45, 2.75) is 71.3 Å². The number of aromatic nitrogens is 2. The number of carbonyl (C=O) groups is 1. The number of likely N-dealkylation sites (tertiary alicyclic amines) is 1. The van der Waals surface area contributed by atoms with Gasteiger partial charge in [0.05, 0.1) is 12.2 Å². The average Bonchev–Trinajstić information content (AvgIpc) is 3.58. The number of amides is 1. The molecule has 1 saturated carbocycles. The van der Waals surface area contributed by atoms with Crippen molar-refractivity contribution >= 4 is 16.8 Å². The Kier molecular flexibility index (Phi) is 6.24. The minimum Gasteiger partial charge on any atom is -0.354 e. The Bertz CT molecular complexity index is 1180. The van der Waals surface area contributed by atoms with Crippen LogP contribution in [0.15, 0.2) is 30.3 Å². The van der Waals surface area contributed by atoms with Gasteiger partial charge in [0.15, 0.2) is 0 Å². The van der Waals surface area contributed by atoms with Crippen LogP contribution in [0.25, 0.3) is 22.2 Å². The molecule has 3 aromatic rings. The van der Waals surface area contributed by atoms with E-state index in [1.54, 1.807) is 0 Å². The van der Waals surface area contributed by atoms with Crippen LogP contribution in [0.1, 0.15) is 73.9 Å². The van der Waals surface area contributed by atoms with Crippen molar-refractivity contribution in [3.05, 3.63) is 52.8 Å². The van der Waals surface area contributed by atoms with Crippen molar-refractivity contribution in [1.82, 2.24) is 19.8 Å². The molecule has 5 rings (SSSR count). The molecule has 3 heterocycles. The summed E-state index contributed by atoms with van der Waals surface area (Å²) in [7, 11) is 2.09. The lowest BCUT2D eigenvalue weighted by Gasteiger charge is -2.33. The average molecular weight is 459 g/mol. The highest BCUT2D eigenvalue weighted by atomic mass is 16.2. The monoisotopic (exact) mass is 458 g/mol. The minimum atomic E-state index is 0.295. The standard InChI is InChI=1S/C29H38N4O/c1-18(2)28-25-16-22(6-9-26(25)31-29(28)23-14-19(3)30-20(4)15-23)21-10-12-33(13-11-21)27(34)17-32(5)24-7-8-24/h6,9,14-16,18,21,24,31H,7-8,10-13,17H2,1-5H3. The fourth-order valence-corrected chi connectivity index (χ4v) is 5.71. The van der Waals surface area contributed by atoms with Gasteiger partial charge in [0.2, 0.25) is 5.91 Å². The lowest BCUT2D eigenvalue weighted by atomic mass is 9.87. The van der Waals surface area contributed by atoms with Gasteiger partial charge < -0.3 is 9.88 Å². The topological polar surface area (TPSA) is 52.2 Å². The van der Waals surface area contributed by atoms with E-state index >= 15 is 0 Å². The number of piperidine rings is 1. The fourth-order valence-electron chi connectivity index (χ4n) is 5.71. The number of likely N-dealkylation sites (N-methyl/N-ethyl adjacent to an activating group) is 1. The van der Waals surface area contributed by atoms with Gasteiger partial charge in [0.25, 0.3) is 0 Å². The number of nitrogens with one attached hydrogen (secondary N) is 1. The van der Waals surface area contributed by atoms with E-state index in [4.69, 9.17) is 0 Å². The molecule has 2 fully saturated rings. The summed E-state index contributed by atoms with van der Waals surface area (Å²) >= 11 is 0. The van der Waals surface area contributed by atoms with Gasteiger partial charge in [-0.25, -0.2) is 0 Å². The van der Waals surface area contributed by atoms with Crippen LogP contribution in [0, 0.1) is 13.8 Å². The molecule has 1 N–H and O–H groups in total. The second-order valence-corrected chi connectivity index (χ2v) is 10.8. The van der Waals surface area contributed by atoms with Crippen molar-refractivity contribution in [3.63, 3.8) is 0 Å². The van der Waals surface area contributed by atoms with E-state index in [-0.39, 0.29) is 0 Å². The molecule has 180 valence electrons. The van der Waals surface area contributed by atoms with Crippen LogP contribution in [0.4, 0.5) is 0 Å². The second-order valence-electron chi connectivity index (χ2n) is 10.8. The maximum atomic E-state index is 12.7. The quantitative estimate of drug-likeness (QED) is 0.510. The van der Waals surface area contributed by atoms with Gasteiger partial charge in [-0.3, -0.25) is 14.7 Å². The van der Waals surface area contributed by atoms with Crippen LogP contribution in [0.5, 0.6) is 0 Å². The lowest BCUT2D eigenvalue weighted by Crippen LogP contribution is -2.43. The minimum absolute atomic E-state index is 0.295. The van der Waals surface area contributed by atoms with E-state index in [0.29, 0.717) is 30.3 Å². The van der Waals surface area contributed by atoms with Crippen LogP contribution in [0.2, 0.25) is 0 Å². The third kappa shape index (κ3) is 4.63. The maximum Gasteiger partial charge on any atom is 0.236 e. The van der Waals surface area contributed by atoms with E-state index in [9.17, 15) is 4.79 Å². The van der Waals surface area contributed by atoms with Gasteiger partial charge in [-0.2, -0.15) is 0 Å². The zero-order chi connectivity index (χ0) is 24.0. The number of hydrogen-bond acceptors (Lipinski definition) is 3. The van der Waals surface area contributed by atoms with E-state index in [1.807, 2.05) is 0 Å². The number of aryl methyl sites for hydroxylation is 2. The molecule has 1 aliphatic heterocycles. The highest BCUT2D eigenvalue weighted by Gasteiger charge is 2.30. The third-order valence-electron chi connectivity index (χ3n) is 7.68. The Morgan fingerprint density at radius 1 is 1.09 bits per heavy atom. The fraction of sp³-hybridized carbons (Fsp3) is 0.517. The summed E-state index contributed by atoms with van der Waals surface area (Å²) in [6.45, 7) is 11.0. The SMILES string of the molecule is Cc1cc(-c2[nH]c3ccc(C4CCN(C(=O)CN(C)C5CC5)CC4)cc3c2C(C)C)cc(C)n1. The molecule has 2 aliphatic rings. The van der Waals surface area contributed by atoms with Gasteiger partial charge >= 0.3 is 0 Å². The summed E-state index contributed by atoms with van der Waals surface area (Å²) in [6.07, 6.45) is 4.57. The van der Waals surface area contributed by atoms with Crippen molar-refractivity contribution in [1.29, 1.82) is 0 Å². The van der Waals surface area contributed by atoms with Gasteiger partial charge in [0.1, 0.15) is 0 Å². The van der Waals surface area contributed by atoms with Crippen LogP contribution in [-0.4, -0.2) is 58.4 Å². The number of aromatic amines is 1. The zero-order valence-electron chi connectivity index (χ0n) is 21.3. The zero-order valence-corrected chi connectivity index (χ0v) is 21.3. The number of nitrogens with zero attached hydrogens (tertiary/aromatic N) is 3. The summed E-state index contributed by atoms with van der Waals surface area (Å²) in [5.74, 6) is 1.22. The molecule has 34 heavy (non-hydrogen) atoms. The summed E-state index contributed by atoms with van der Waals surface area (Å²) in [5, 5.41) is 1.33. The first-order valence-electron chi connectivity index (χ1n) is 12.9. The summed E-state index contributed by atoms with van der Waals surface area (Å²) < 4.78 is 0. The first-order valence-corrected chi connectivity index (χ1v) is 12.9. The Morgan fingerprint density at radius 3 is 2.38 bits per heavy atom. The van der Waals surface area contributed by atoms with E-state index in [0.717, 1.165) is 37.3 Å². The molecule has 0 bridgehead atoms. The molecule has 2 aromatic heterocycles. The highest BCUT2D eigenvalue weighted by molar-refractivity contribution is 5.92. The van der Waals surface area contributed by atoms with Crippen molar-refractivity contribution < 1.29 is 4.79 Å². The molecule has 5 heteroatoms. The van der Waals surface area contributed by atoms with E-state index < -0.39 is 0 Å². The third-order valence-corrected chi connectivity index (χ3v) is 7.68. The molecule has 0 atom stereocenters. The summed E-state index contributed by atoms with van der Waals surface area (Å²) in [6, 6.07) is 11.9. The molecule has 0 radical (unpaired) electrons. The Labute approximate surface area is 203 Å². The lowest BCUT2D eigenvalue weighted by molar-refractivity contribution is -0.133. The molecule has 1 saturated heterocycles. The van der Waals surface area contributed by atoms with Gasteiger partial charge in [0, 0.05) is 47.0 Å². The second kappa shape index (κ2) is 9.18. The number of fused-ring (bicyclic) bond motifs is 1. The predicted molar refractivity (Wildman–Crippen MR) is 139 cm³/mol. The van der Waals surface area contributed by atoms with Crippen LogP contribution >= 0.6 is 0 Å². The Balaban J connectivity index is 1.37. The van der Waals surface area contributed by atoms with Crippen molar-refractivity contribution in [3.8, 4) is 11.3 Å². The Hall–Kier alpha value is -2.66. The molecular weight excluding hydrogens is 420 g/mol. The van der Waals surface area contributed by atoms with Crippen LogP contribution in [-0.2, 0) is 4.79 Å². The molecule has 0 unspecified atom stereocenters. The molecule has 5 nitrogen and oxygen atoms in total. The van der Waals surface area contributed by atoms with Crippen molar-refractivity contribution in [2.75, 3.05) is 26.7 Å². The first-order chi connectivity index (χ1) is 16.3. The molecule has 0 spiro atoms. The normalized spacial score (nSPS) is 17.3. The summed E-state index contributed by atoms with van der Waals surface area (Å²) in [5.41, 5.74) is 8.53. The van der Waals surface area contributed by atoms with Gasteiger partial charge in [-0.1, -0.05) is 19.9 Å². The van der Waals surface area contributed by atoms with Gasteiger partial charge in [-0.15, -0.1) is 0 Å². The van der Waals surface area contributed by atoms with E-state index in [2.05, 4.69) is 84.8 Å². The van der Waals surface area contributed by atoms with Crippen LogP contribution in [0.3, 0.4) is 0 Å². The largest absolute Gasteiger partial charge is 0.354 e. The number of rotatable bonds is 6. The summed E-state index contributed by atoms with van der Waals surface area (Å²) in [4.78, 5) is 25.3. The molecule has 1 amide bonds. The number of hydrogen-bond donors (Lipinski definition) is 1. The maximum absolute atomic E-state index is 12.7. The van der Waals surface area contributed by atoms with E-state index in [1.165, 1.54) is 46.1 Å². The number of benzene rings is 1. The molecule has 1 aliphatic carbocycles. The molecule has 1 aromatic carbocycles. The number of pyridine rings is 1. The predicted octanol–water partition coefficient (Wildman–Crippen LogP) is 5.77. The Morgan fingerprint density at radius 2 is 1.76 bits per heavy atom. The number of carbonyl (C=O) groups excluding carboxylic acids is 1. The highest BCUT2D eigenvalue weighted by Crippen LogP contribution is 2.38. The first kappa shape index (κ1) is 23.1. The van der Waals surface area contributed by atoms with Crippen molar-refractivity contribution in [2.24, 2.45) is 0 Å².